The summed E-state index contributed by atoms with van der Waals surface area (Å²) in [7, 11) is 2.23. The lowest BCUT2D eigenvalue weighted by Crippen LogP contribution is -2.48. The fraction of sp³-hybridized carbons (Fsp3) is 1.00. The van der Waals surface area contributed by atoms with Crippen molar-refractivity contribution in [3.8, 4) is 0 Å². The lowest BCUT2D eigenvalue weighted by atomic mass is 9.83. The first-order valence-electron chi connectivity index (χ1n) is 5.71. The molecular formula is C11H21N2. The van der Waals surface area contributed by atoms with E-state index in [-0.39, 0.29) is 0 Å². The van der Waals surface area contributed by atoms with Crippen LogP contribution in [0.1, 0.15) is 32.1 Å². The van der Waals surface area contributed by atoms with Gasteiger partial charge in [-0.3, -0.25) is 0 Å². The van der Waals surface area contributed by atoms with Crippen molar-refractivity contribution in [2.45, 2.75) is 38.1 Å². The molecule has 2 heteroatoms. The monoisotopic (exact) mass is 181 g/mol. The molecular weight excluding hydrogens is 160 g/mol. The number of hydrogen-bond donors (Lipinski definition) is 0. The van der Waals surface area contributed by atoms with Gasteiger partial charge in [0.25, 0.3) is 0 Å². The summed E-state index contributed by atoms with van der Waals surface area (Å²) in [6.45, 7) is 3.45. The minimum absolute atomic E-state index is 0.666. The number of nitrogens with zero attached hydrogens (tertiary/aromatic N) is 2. The SMILES string of the molecule is CN1CC[N]C(C2CCCCC2)C1. The molecule has 1 heterocycles. The minimum atomic E-state index is 0.666. The van der Waals surface area contributed by atoms with Crippen LogP contribution in [0.5, 0.6) is 0 Å². The predicted molar refractivity (Wildman–Crippen MR) is 54.9 cm³/mol. The fourth-order valence-electron chi connectivity index (χ4n) is 2.68. The molecule has 75 valence electrons. The van der Waals surface area contributed by atoms with Gasteiger partial charge in [-0.25, -0.2) is 5.32 Å². The Morgan fingerprint density at radius 1 is 1.15 bits per heavy atom. The first kappa shape index (κ1) is 9.47. The third kappa shape index (κ3) is 2.44. The van der Waals surface area contributed by atoms with E-state index in [1.54, 1.807) is 0 Å². The summed E-state index contributed by atoms with van der Waals surface area (Å²) in [6, 6.07) is 0.666. The van der Waals surface area contributed by atoms with Crippen molar-refractivity contribution < 1.29 is 0 Å². The topological polar surface area (TPSA) is 17.3 Å². The quantitative estimate of drug-likeness (QED) is 0.599. The van der Waals surface area contributed by atoms with Crippen molar-refractivity contribution in [3.63, 3.8) is 0 Å². The van der Waals surface area contributed by atoms with E-state index in [2.05, 4.69) is 11.9 Å². The molecule has 2 aliphatic rings. The second kappa shape index (κ2) is 4.43. The van der Waals surface area contributed by atoms with Crippen LogP contribution in [0, 0.1) is 5.92 Å². The molecule has 2 fully saturated rings. The van der Waals surface area contributed by atoms with Gasteiger partial charge in [0, 0.05) is 25.7 Å². The van der Waals surface area contributed by atoms with E-state index < -0.39 is 0 Å². The van der Waals surface area contributed by atoms with Gasteiger partial charge in [-0.05, 0) is 25.8 Å². The molecule has 0 bridgehead atoms. The van der Waals surface area contributed by atoms with Crippen LogP contribution in [0.15, 0.2) is 0 Å². The van der Waals surface area contributed by atoms with Crippen LogP contribution in [-0.4, -0.2) is 37.6 Å². The highest BCUT2D eigenvalue weighted by molar-refractivity contribution is 4.84. The summed E-state index contributed by atoms with van der Waals surface area (Å²) in [6.07, 6.45) is 7.21. The van der Waals surface area contributed by atoms with E-state index in [1.807, 2.05) is 0 Å². The first-order valence-corrected chi connectivity index (χ1v) is 5.71. The predicted octanol–water partition coefficient (Wildman–Crippen LogP) is 1.49. The number of likely N-dealkylation sites (N-methyl/N-ethyl adjacent to an activating group) is 1. The van der Waals surface area contributed by atoms with Crippen molar-refractivity contribution in [3.05, 3.63) is 0 Å². The second-order valence-electron chi connectivity index (χ2n) is 4.63. The molecule has 1 unspecified atom stereocenters. The summed E-state index contributed by atoms with van der Waals surface area (Å²) in [5, 5.41) is 4.76. The largest absolute Gasteiger partial charge is 0.303 e. The molecule has 0 amide bonds. The molecule has 1 aliphatic heterocycles. The van der Waals surface area contributed by atoms with E-state index in [9.17, 15) is 0 Å². The van der Waals surface area contributed by atoms with Crippen molar-refractivity contribution >= 4 is 0 Å². The normalized spacial score (nSPS) is 33.5. The van der Waals surface area contributed by atoms with Gasteiger partial charge in [0.15, 0.2) is 0 Å². The van der Waals surface area contributed by atoms with E-state index in [4.69, 9.17) is 5.32 Å². The Kier molecular flexibility index (Phi) is 3.23. The average Bonchev–Trinajstić information content (AvgIpc) is 2.19. The van der Waals surface area contributed by atoms with E-state index in [1.165, 1.54) is 45.2 Å². The highest BCUT2D eigenvalue weighted by atomic mass is 15.2. The molecule has 0 aromatic heterocycles. The van der Waals surface area contributed by atoms with Gasteiger partial charge in [-0.2, -0.15) is 0 Å². The Morgan fingerprint density at radius 2 is 1.92 bits per heavy atom. The Labute approximate surface area is 81.7 Å². The minimum Gasteiger partial charge on any atom is -0.303 e. The second-order valence-corrected chi connectivity index (χ2v) is 4.63. The van der Waals surface area contributed by atoms with Gasteiger partial charge < -0.3 is 4.90 Å². The molecule has 1 saturated heterocycles. The zero-order chi connectivity index (χ0) is 9.10. The lowest BCUT2D eigenvalue weighted by molar-refractivity contribution is 0.165. The average molecular weight is 181 g/mol. The Balaban J connectivity index is 1.83. The molecule has 1 radical (unpaired) electrons. The number of hydrogen-bond acceptors (Lipinski definition) is 1. The zero-order valence-electron chi connectivity index (χ0n) is 8.71. The molecule has 0 N–H and O–H groups in total. The van der Waals surface area contributed by atoms with Crippen molar-refractivity contribution in [1.29, 1.82) is 0 Å². The van der Waals surface area contributed by atoms with E-state index >= 15 is 0 Å². The number of piperazine rings is 1. The summed E-state index contributed by atoms with van der Waals surface area (Å²) < 4.78 is 0. The fourth-order valence-corrected chi connectivity index (χ4v) is 2.68. The smallest absolute Gasteiger partial charge is 0.0401 e. The van der Waals surface area contributed by atoms with Gasteiger partial charge in [0.2, 0.25) is 0 Å². The highest BCUT2D eigenvalue weighted by Crippen LogP contribution is 2.27. The molecule has 0 spiro atoms. The maximum Gasteiger partial charge on any atom is 0.0401 e. The summed E-state index contributed by atoms with van der Waals surface area (Å²) >= 11 is 0. The maximum absolute atomic E-state index is 4.76. The highest BCUT2D eigenvalue weighted by Gasteiger charge is 2.27. The van der Waals surface area contributed by atoms with Crippen molar-refractivity contribution in [2.75, 3.05) is 26.7 Å². The summed E-state index contributed by atoms with van der Waals surface area (Å²) in [5.74, 6) is 0.913. The van der Waals surface area contributed by atoms with Crippen LogP contribution < -0.4 is 5.32 Å². The van der Waals surface area contributed by atoms with Gasteiger partial charge in [0.05, 0.1) is 0 Å². The zero-order valence-corrected chi connectivity index (χ0v) is 8.71. The standard InChI is InChI=1S/C11H21N2/c1-13-8-7-12-11(9-13)10-5-3-2-4-6-10/h10-11H,2-9H2,1H3. The van der Waals surface area contributed by atoms with Crippen LogP contribution in [-0.2, 0) is 0 Å². The third-order valence-electron chi connectivity index (χ3n) is 3.54. The Morgan fingerprint density at radius 3 is 2.62 bits per heavy atom. The van der Waals surface area contributed by atoms with E-state index in [0.29, 0.717) is 6.04 Å². The molecule has 2 rings (SSSR count). The van der Waals surface area contributed by atoms with Crippen LogP contribution in [0.4, 0.5) is 0 Å². The molecule has 0 aromatic rings. The van der Waals surface area contributed by atoms with Crippen LogP contribution >= 0.6 is 0 Å². The van der Waals surface area contributed by atoms with Crippen molar-refractivity contribution in [1.82, 2.24) is 10.2 Å². The van der Waals surface area contributed by atoms with Gasteiger partial charge in [-0.1, -0.05) is 19.3 Å². The third-order valence-corrected chi connectivity index (χ3v) is 3.54. The van der Waals surface area contributed by atoms with Crippen LogP contribution in [0.25, 0.3) is 0 Å². The Hall–Kier alpha value is -0.0800. The molecule has 1 aliphatic carbocycles. The maximum atomic E-state index is 4.76. The molecule has 13 heavy (non-hydrogen) atoms. The van der Waals surface area contributed by atoms with Crippen LogP contribution in [0.2, 0.25) is 0 Å². The molecule has 1 saturated carbocycles. The van der Waals surface area contributed by atoms with Gasteiger partial charge in [-0.15, -0.1) is 0 Å². The lowest BCUT2D eigenvalue weighted by Gasteiger charge is -2.36. The van der Waals surface area contributed by atoms with Gasteiger partial charge >= 0.3 is 0 Å². The van der Waals surface area contributed by atoms with Crippen LogP contribution in [0.3, 0.4) is 0 Å². The summed E-state index contributed by atoms with van der Waals surface area (Å²) in [4.78, 5) is 2.44. The number of rotatable bonds is 1. The Bertz CT molecular complexity index is 152. The van der Waals surface area contributed by atoms with E-state index in [0.717, 1.165) is 12.5 Å². The van der Waals surface area contributed by atoms with Gasteiger partial charge in [0.1, 0.15) is 0 Å². The summed E-state index contributed by atoms with van der Waals surface area (Å²) in [5.41, 5.74) is 0. The first-order chi connectivity index (χ1) is 6.36. The molecule has 2 nitrogen and oxygen atoms in total. The molecule has 0 aromatic carbocycles. The van der Waals surface area contributed by atoms with Crippen molar-refractivity contribution in [2.24, 2.45) is 5.92 Å². The molecule has 1 atom stereocenters.